The zero-order valence-corrected chi connectivity index (χ0v) is 13.2. The Hall–Kier alpha value is -0.930. The van der Waals surface area contributed by atoms with E-state index in [0.717, 1.165) is 25.4 Å². The average Bonchev–Trinajstić information content (AvgIpc) is 2.48. The summed E-state index contributed by atoms with van der Waals surface area (Å²) in [5.41, 5.74) is 7.75. The minimum atomic E-state index is 0.185. The number of nitrogens with two attached hydrogens (primary N) is 1. The second-order valence-electron chi connectivity index (χ2n) is 6.62. The predicted molar refractivity (Wildman–Crippen MR) is 84.5 cm³/mol. The second kappa shape index (κ2) is 6.68. The summed E-state index contributed by atoms with van der Waals surface area (Å²) in [5.74, 6) is 1.48. The monoisotopic (exact) mass is 275 g/mol. The maximum Gasteiger partial charge on any atom is 0.0356 e. The third kappa shape index (κ3) is 3.21. The van der Waals surface area contributed by atoms with Gasteiger partial charge in [0, 0.05) is 31.0 Å². The number of hydrogen-bond donors (Lipinski definition) is 1. The van der Waals surface area contributed by atoms with Crippen LogP contribution in [0.15, 0.2) is 24.5 Å². The van der Waals surface area contributed by atoms with E-state index < -0.39 is 0 Å². The summed E-state index contributed by atoms with van der Waals surface area (Å²) in [5, 5.41) is 0. The lowest BCUT2D eigenvalue weighted by atomic mass is 9.68. The Balaban J connectivity index is 2.02. The lowest BCUT2D eigenvalue weighted by Crippen LogP contribution is -2.59. The van der Waals surface area contributed by atoms with Crippen molar-refractivity contribution < 1.29 is 0 Å². The molecule has 0 saturated heterocycles. The fourth-order valence-electron chi connectivity index (χ4n) is 3.75. The van der Waals surface area contributed by atoms with Crippen LogP contribution >= 0.6 is 0 Å². The highest BCUT2D eigenvalue weighted by Gasteiger charge is 2.42. The number of aromatic nitrogens is 1. The Morgan fingerprint density at radius 3 is 2.65 bits per heavy atom. The van der Waals surface area contributed by atoms with Crippen LogP contribution in [0.4, 0.5) is 0 Å². The molecule has 1 aliphatic carbocycles. The van der Waals surface area contributed by atoms with Crippen molar-refractivity contribution in [2.45, 2.75) is 45.1 Å². The van der Waals surface area contributed by atoms with Gasteiger partial charge >= 0.3 is 0 Å². The first-order valence-corrected chi connectivity index (χ1v) is 7.88. The smallest absolute Gasteiger partial charge is 0.0356 e. The summed E-state index contributed by atoms with van der Waals surface area (Å²) in [7, 11) is 2.25. The minimum Gasteiger partial charge on any atom is -0.329 e. The van der Waals surface area contributed by atoms with Crippen LogP contribution in [0.1, 0.15) is 38.7 Å². The van der Waals surface area contributed by atoms with Crippen LogP contribution in [-0.2, 0) is 6.42 Å². The fraction of sp³-hybridized carbons (Fsp3) is 0.706. The molecule has 0 aromatic carbocycles. The SMILES string of the molecule is CC1CCC(C)C(CN)(N(C)CCc2ccncc2)C1. The van der Waals surface area contributed by atoms with E-state index in [0.29, 0.717) is 5.92 Å². The van der Waals surface area contributed by atoms with Gasteiger partial charge in [-0.25, -0.2) is 0 Å². The van der Waals surface area contributed by atoms with Gasteiger partial charge in [0.25, 0.3) is 0 Å². The van der Waals surface area contributed by atoms with Crippen LogP contribution in [0.5, 0.6) is 0 Å². The largest absolute Gasteiger partial charge is 0.329 e. The van der Waals surface area contributed by atoms with E-state index in [1.54, 1.807) is 0 Å². The van der Waals surface area contributed by atoms with Gasteiger partial charge in [-0.1, -0.05) is 20.3 Å². The quantitative estimate of drug-likeness (QED) is 0.898. The summed E-state index contributed by atoms with van der Waals surface area (Å²) >= 11 is 0. The Morgan fingerprint density at radius 1 is 1.30 bits per heavy atom. The number of likely N-dealkylation sites (N-methyl/N-ethyl adjacent to an activating group) is 1. The van der Waals surface area contributed by atoms with Crippen molar-refractivity contribution >= 4 is 0 Å². The van der Waals surface area contributed by atoms with Crippen LogP contribution in [0.2, 0.25) is 0 Å². The van der Waals surface area contributed by atoms with Crippen molar-refractivity contribution in [1.29, 1.82) is 0 Å². The van der Waals surface area contributed by atoms with Crippen molar-refractivity contribution in [3.05, 3.63) is 30.1 Å². The van der Waals surface area contributed by atoms with E-state index in [1.807, 2.05) is 12.4 Å². The molecule has 0 spiro atoms. The standard InChI is InChI=1S/C17H29N3/c1-14-4-5-15(2)17(12-14,13-18)20(3)11-8-16-6-9-19-10-7-16/h6-7,9-10,14-15H,4-5,8,11-13,18H2,1-3H3. The van der Waals surface area contributed by atoms with Crippen LogP contribution in [-0.4, -0.2) is 35.6 Å². The Labute approximate surface area is 123 Å². The molecular weight excluding hydrogens is 246 g/mol. The highest BCUT2D eigenvalue weighted by atomic mass is 15.2. The lowest BCUT2D eigenvalue weighted by molar-refractivity contribution is 0.0152. The maximum absolute atomic E-state index is 6.21. The minimum absolute atomic E-state index is 0.185. The van der Waals surface area contributed by atoms with Gasteiger partial charge in [0.15, 0.2) is 0 Å². The van der Waals surface area contributed by atoms with Crippen molar-refractivity contribution in [2.24, 2.45) is 17.6 Å². The molecular formula is C17H29N3. The molecule has 0 radical (unpaired) electrons. The molecule has 0 aliphatic heterocycles. The van der Waals surface area contributed by atoms with Crippen LogP contribution < -0.4 is 5.73 Å². The van der Waals surface area contributed by atoms with Crippen molar-refractivity contribution in [2.75, 3.05) is 20.1 Å². The Kier molecular flexibility index (Phi) is 5.17. The third-order valence-corrected chi connectivity index (χ3v) is 5.31. The van der Waals surface area contributed by atoms with Crippen molar-refractivity contribution in [1.82, 2.24) is 9.88 Å². The van der Waals surface area contributed by atoms with E-state index in [-0.39, 0.29) is 5.54 Å². The molecule has 2 rings (SSSR count). The summed E-state index contributed by atoms with van der Waals surface area (Å²) in [6.07, 6.45) is 8.71. The number of hydrogen-bond acceptors (Lipinski definition) is 3. The van der Waals surface area contributed by atoms with Crippen molar-refractivity contribution in [3.8, 4) is 0 Å². The van der Waals surface area contributed by atoms with Crippen LogP contribution in [0.25, 0.3) is 0 Å². The van der Waals surface area contributed by atoms with E-state index in [2.05, 4.69) is 42.9 Å². The molecule has 1 fully saturated rings. The topological polar surface area (TPSA) is 42.1 Å². The molecule has 3 atom stereocenters. The molecule has 0 bridgehead atoms. The highest BCUT2D eigenvalue weighted by molar-refractivity contribution is 5.10. The van der Waals surface area contributed by atoms with Crippen LogP contribution in [0.3, 0.4) is 0 Å². The van der Waals surface area contributed by atoms with Gasteiger partial charge in [0.2, 0.25) is 0 Å². The van der Waals surface area contributed by atoms with Crippen LogP contribution in [0, 0.1) is 11.8 Å². The molecule has 1 saturated carbocycles. The Bertz CT molecular complexity index is 406. The summed E-state index contributed by atoms with van der Waals surface area (Å²) < 4.78 is 0. The molecule has 1 aromatic rings. The highest BCUT2D eigenvalue weighted by Crippen LogP contribution is 2.39. The first-order chi connectivity index (χ1) is 9.58. The summed E-state index contributed by atoms with van der Waals surface area (Å²) in [6.45, 7) is 6.58. The van der Waals surface area contributed by atoms with Gasteiger partial charge in [-0.05, 0) is 55.8 Å². The molecule has 1 heterocycles. The van der Waals surface area contributed by atoms with E-state index in [4.69, 9.17) is 5.73 Å². The molecule has 3 nitrogen and oxygen atoms in total. The lowest BCUT2D eigenvalue weighted by Gasteiger charge is -2.50. The van der Waals surface area contributed by atoms with Gasteiger partial charge in [0.1, 0.15) is 0 Å². The van der Waals surface area contributed by atoms with E-state index in [1.165, 1.54) is 24.8 Å². The zero-order chi connectivity index (χ0) is 14.6. The molecule has 3 heteroatoms. The molecule has 20 heavy (non-hydrogen) atoms. The first kappa shape index (κ1) is 15.5. The number of rotatable bonds is 5. The van der Waals surface area contributed by atoms with Gasteiger partial charge in [-0.15, -0.1) is 0 Å². The van der Waals surface area contributed by atoms with E-state index in [9.17, 15) is 0 Å². The molecule has 3 unspecified atom stereocenters. The number of nitrogens with zero attached hydrogens (tertiary/aromatic N) is 2. The molecule has 1 aliphatic rings. The van der Waals surface area contributed by atoms with Gasteiger partial charge in [-0.3, -0.25) is 9.88 Å². The zero-order valence-electron chi connectivity index (χ0n) is 13.2. The molecule has 1 aromatic heterocycles. The number of pyridine rings is 1. The maximum atomic E-state index is 6.21. The predicted octanol–water partition coefficient (Wildman–Crippen LogP) is 2.71. The van der Waals surface area contributed by atoms with Gasteiger partial charge < -0.3 is 5.73 Å². The molecule has 2 N–H and O–H groups in total. The molecule has 0 amide bonds. The molecule has 112 valence electrons. The van der Waals surface area contributed by atoms with E-state index >= 15 is 0 Å². The summed E-state index contributed by atoms with van der Waals surface area (Å²) in [6, 6.07) is 4.21. The van der Waals surface area contributed by atoms with Crippen molar-refractivity contribution in [3.63, 3.8) is 0 Å². The fourth-order valence-corrected chi connectivity index (χ4v) is 3.75. The average molecular weight is 275 g/mol. The second-order valence-corrected chi connectivity index (χ2v) is 6.62. The van der Waals surface area contributed by atoms with Gasteiger partial charge in [-0.2, -0.15) is 0 Å². The normalized spacial score (nSPS) is 30.6. The van der Waals surface area contributed by atoms with Gasteiger partial charge in [0.05, 0.1) is 0 Å². The first-order valence-electron chi connectivity index (χ1n) is 7.88. The Morgan fingerprint density at radius 2 is 2.00 bits per heavy atom. The summed E-state index contributed by atoms with van der Waals surface area (Å²) in [4.78, 5) is 6.60. The third-order valence-electron chi connectivity index (χ3n) is 5.31.